The second-order valence-corrected chi connectivity index (χ2v) is 6.18. The van der Waals surface area contributed by atoms with E-state index in [4.69, 9.17) is 9.15 Å². The Morgan fingerprint density at radius 1 is 1.26 bits per heavy atom. The summed E-state index contributed by atoms with van der Waals surface area (Å²) in [6.07, 6.45) is 2.54. The maximum Gasteiger partial charge on any atom is 0.336 e. The molecule has 0 bridgehead atoms. The van der Waals surface area contributed by atoms with Crippen LogP contribution in [-0.2, 0) is 6.42 Å². The molecule has 0 aliphatic rings. The molecule has 23 heavy (non-hydrogen) atoms. The first-order valence-corrected chi connectivity index (χ1v) is 7.95. The summed E-state index contributed by atoms with van der Waals surface area (Å²) in [4.78, 5) is 13.7. The maximum absolute atomic E-state index is 11.6. The molecule has 0 amide bonds. The van der Waals surface area contributed by atoms with Crippen molar-refractivity contribution in [2.24, 2.45) is 0 Å². The molecule has 2 rings (SSSR count). The van der Waals surface area contributed by atoms with Crippen LogP contribution in [0.5, 0.6) is 5.75 Å². The van der Waals surface area contributed by atoms with E-state index in [9.17, 15) is 4.79 Å². The predicted octanol–water partition coefficient (Wildman–Crippen LogP) is 3.63. The molecule has 0 saturated heterocycles. The van der Waals surface area contributed by atoms with Crippen molar-refractivity contribution in [3.05, 3.63) is 52.4 Å². The van der Waals surface area contributed by atoms with Gasteiger partial charge in [0.2, 0.25) is 0 Å². The van der Waals surface area contributed by atoms with Gasteiger partial charge in [0.1, 0.15) is 11.3 Å². The molecule has 2 aromatic rings. The Morgan fingerprint density at radius 3 is 2.70 bits per heavy atom. The summed E-state index contributed by atoms with van der Waals surface area (Å²) in [5, 5.41) is 0.918. The molecule has 124 valence electrons. The number of aryl methyl sites for hydroxylation is 1. The molecule has 4 heteroatoms. The van der Waals surface area contributed by atoms with Crippen LogP contribution >= 0.6 is 0 Å². The van der Waals surface area contributed by atoms with E-state index >= 15 is 0 Å². The number of allylic oxidation sites excluding steroid dienone is 1. The average molecular weight is 315 g/mol. The van der Waals surface area contributed by atoms with E-state index in [-0.39, 0.29) is 5.63 Å². The first kappa shape index (κ1) is 17.3. The summed E-state index contributed by atoms with van der Waals surface area (Å²) in [7, 11) is 4.09. The molecule has 4 nitrogen and oxygen atoms in total. The summed E-state index contributed by atoms with van der Waals surface area (Å²) >= 11 is 0. The van der Waals surface area contributed by atoms with E-state index in [0.29, 0.717) is 12.2 Å². The molecule has 0 atom stereocenters. The fraction of sp³-hybridized carbons (Fsp3) is 0.421. The van der Waals surface area contributed by atoms with E-state index in [0.717, 1.165) is 48.1 Å². The number of hydrogen-bond acceptors (Lipinski definition) is 4. The van der Waals surface area contributed by atoms with Crippen LogP contribution in [0.1, 0.15) is 25.3 Å². The molecule has 0 fully saturated rings. The van der Waals surface area contributed by atoms with Gasteiger partial charge < -0.3 is 14.1 Å². The normalized spacial score (nSPS) is 11.1. The van der Waals surface area contributed by atoms with Crippen LogP contribution < -0.4 is 10.4 Å². The topological polar surface area (TPSA) is 42.7 Å². The van der Waals surface area contributed by atoms with Crippen LogP contribution in [0.15, 0.2) is 45.6 Å². The van der Waals surface area contributed by atoms with E-state index in [1.807, 2.05) is 33.2 Å². The van der Waals surface area contributed by atoms with Gasteiger partial charge in [-0.3, -0.25) is 0 Å². The highest BCUT2D eigenvalue weighted by molar-refractivity contribution is 5.82. The smallest absolute Gasteiger partial charge is 0.336 e. The first-order chi connectivity index (χ1) is 11.0. The lowest BCUT2D eigenvalue weighted by molar-refractivity contribution is 0.279. The van der Waals surface area contributed by atoms with Gasteiger partial charge >= 0.3 is 5.63 Å². The minimum atomic E-state index is -0.334. The van der Waals surface area contributed by atoms with Gasteiger partial charge in [-0.25, -0.2) is 4.79 Å². The molecular formula is C19H25NO3. The Labute approximate surface area is 137 Å². The van der Waals surface area contributed by atoms with Crippen LogP contribution in [0.25, 0.3) is 11.0 Å². The zero-order chi connectivity index (χ0) is 16.8. The Balaban J connectivity index is 2.28. The minimum absolute atomic E-state index is 0.334. The number of hydrogen-bond donors (Lipinski definition) is 0. The highest BCUT2D eigenvalue weighted by Gasteiger charge is 2.12. The maximum atomic E-state index is 11.6. The Kier molecular flexibility index (Phi) is 5.99. The largest absolute Gasteiger partial charge is 0.493 e. The van der Waals surface area contributed by atoms with Crippen molar-refractivity contribution in [2.45, 2.75) is 26.2 Å². The highest BCUT2D eigenvalue weighted by Crippen LogP contribution is 2.29. The van der Waals surface area contributed by atoms with Gasteiger partial charge in [-0.05, 0) is 58.5 Å². The molecule has 1 heterocycles. The first-order valence-electron chi connectivity index (χ1n) is 7.95. The van der Waals surface area contributed by atoms with Gasteiger partial charge in [0.05, 0.1) is 6.61 Å². The molecule has 0 N–H and O–H groups in total. The molecule has 0 spiro atoms. The van der Waals surface area contributed by atoms with E-state index in [1.165, 1.54) is 6.07 Å². The van der Waals surface area contributed by atoms with Gasteiger partial charge in [-0.2, -0.15) is 0 Å². The molecule has 0 aliphatic heterocycles. The second kappa shape index (κ2) is 7.97. The lowest BCUT2D eigenvalue weighted by Gasteiger charge is -2.14. The van der Waals surface area contributed by atoms with Crippen molar-refractivity contribution in [1.29, 1.82) is 0 Å². The van der Waals surface area contributed by atoms with Crippen molar-refractivity contribution < 1.29 is 9.15 Å². The lowest BCUT2D eigenvalue weighted by atomic mass is 10.0. The Bertz CT molecular complexity index is 731. The summed E-state index contributed by atoms with van der Waals surface area (Å²) < 4.78 is 11.4. The third kappa shape index (κ3) is 4.96. The Morgan fingerprint density at radius 2 is 2.00 bits per heavy atom. The number of benzene rings is 1. The summed E-state index contributed by atoms with van der Waals surface area (Å²) in [5.74, 6) is 0.798. The van der Waals surface area contributed by atoms with Gasteiger partial charge in [-0.1, -0.05) is 5.57 Å². The third-order valence-electron chi connectivity index (χ3n) is 3.66. The number of ether oxygens (including phenoxy) is 1. The highest BCUT2D eigenvalue weighted by atomic mass is 16.5. The van der Waals surface area contributed by atoms with Crippen LogP contribution in [0, 0.1) is 0 Å². The van der Waals surface area contributed by atoms with Crippen molar-refractivity contribution in [2.75, 3.05) is 27.2 Å². The fourth-order valence-electron chi connectivity index (χ4n) is 2.45. The fourth-order valence-corrected chi connectivity index (χ4v) is 2.45. The number of rotatable bonds is 8. The number of fused-ring (bicyclic) bond motifs is 1. The molecule has 1 aromatic carbocycles. The average Bonchev–Trinajstić information content (AvgIpc) is 2.49. The van der Waals surface area contributed by atoms with Gasteiger partial charge in [0.15, 0.2) is 0 Å². The summed E-state index contributed by atoms with van der Waals surface area (Å²) in [6.45, 7) is 7.57. The minimum Gasteiger partial charge on any atom is -0.493 e. The van der Waals surface area contributed by atoms with Crippen LogP contribution in [0.2, 0.25) is 0 Å². The van der Waals surface area contributed by atoms with Gasteiger partial charge in [0, 0.05) is 23.6 Å². The van der Waals surface area contributed by atoms with Crippen LogP contribution in [0.4, 0.5) is 0 Å². The SMILES string of the molecule is C=C(C)CCc1c(OCCCN(C)C)ccc2ccc(=O)oc12. The molecule has 0 saturated carbocycles. The van der Waals surface area contributed by atoms with Crippen molar-refractivity contribution in [1.82, 2.24) is 4.90 Å². The van der Waals surface area contributed by atoms with Crippen LogP contribution in [-0.4, -0.2) is 32.1 Å². The molecule has 0 radical (unpaired) electrons. The van der Waals surface area contributed by atoms with E-state index in [2.05, 4.69) is 11.5 Å². The standard InChI is InChI=1S/C19H25NO3/c1-14(2)6-9-16-17(22-13-5-12-20(3)4)10-7-15-8-11-18(21)23-19(15)16/h7-8,10-11H,1,5-6,9,12-13H2,2-4H3. The van der Waals surface area contributed by atoms with E-state index < -0.39 is 0 Å². The predicted molar refractivity (Wildman–Crippen MR) is 94.3 cm³/mol. The lowest BCUT2D eigenvalue weighted by Crippen LogP contribution is -2.15. The van der Waals surface area contributed by atoms with Crippen molar-refractivity contribution in [3.63, 3.8) is 0 Å². The number of nitrogens with zero attached hydrogens (tertiary/aromatic N) is 1. The summed E-state index contributed by atoms with van der Waals surface area (Å²) in [5.41, 5.74) is 2.34. The molecular weight excluding hydrogens is 290 g/mol. The third-order valence-corrected chi connectivity index (χ3v) is 3.66. The van der Waals surface area contributed by atoms with Crippen molar-refractivity contribution >= 4 is 11.0 Å². The quantitative estimate of drug-likeness (QED) is 0.424. The monoisotopic (exact) mass is 315 g/mol. The summed E-state index contributed by atoms with van der Waals surface area (Å²) in [6, 6.07) is 7.14. The molecule has 0 aliphatic carbocycles. The zero-order valence-corrected chi connectivity index (χ0v) is 14.2. The van der Waals surface area contributed by atoms with Gasteiger partial charge in [0.25, 0.3) is 0 Å². The van der Waals surface area contributed by atoms with Crippen molar-refractivity contribution in [3.8, 4) is 5.75 Å². The Hall–Kier alpha value is -2.07. The van der Waals surface area contributed by atoms with E-state index in [1.54, 1.807) is 6.07 Å². The van der Waals surface area contributed by atoms with Crippen LogP contribution in [0.3, 0.4) is 0 Å². The zero-order valence-electron chi connectivity index (χ0n) is 14.2. The second-order valence-electron chi connectivity index (χ2n) is 6.18. The molecule has 1 aromatic heterocycles. The van der Waals surface area contributed by atoms with Gasteiger partial charge in [-0.15, -0.1) is 6.58 Å². The molecule has 0 unspecified atom stereocenters.